The van der Waals surface area contributed by atoms with E-state index in [1.165, 1.54) is 11.1 Å². The van der Waals surface area contributed by atoms with Gasteiger partial charge in [0.2, 0.25) is 5.91 Å². The van der Waals surface area contributed by atoms with Crippen LogP contribution in [0.1, 0.15) is 17.5 Å². The first-order chi connectivity index (χ1) is 16.6. The van der Waals surface area contributed by atoms with Gasteiger partial charge in [-0.2, -0.15) is 0 Å². The number of ether oxygens (including phenoxy) is 2. The normalized spacial score (nSPS) is 18.1. The number of amides is 1. The van der Waals surface area contributed by atoms with Gasteiger partial charge in [0.25, 0.3) is 0 Å². The predicted octanol–water partition coefficient (Wildman–Crippen LogP) is 3.85. The van der Waals surface area contributed by atoms with Crippen molar-refractivity contribution in [2.45, 2.75) is 12.5 Å². The minimum absolute atomic E-state index is 0.0289. The molecule has 7 heteroatoms. The second-order valence-corrected chi connectivity index (χ2v) is 9.44. The Morgan fingerprint density at radius 2 is 1.88 bits per heavy atom. The molecule has 0 aromatic heterocycles. The smallest absolute Gasteiger partial charge is 0.246 e. The van der Waals surface area contributed by atoms with Crippen molar-refractivity contribution in [3.8, 4) is 5.75 Å². The van der Waals surface area contributed by atoms with Gasteiger partial charge in [0.15, 0.2) is 0 Å². The number of rotatable bonds is 8. The molecule has 0 bridgehead atoms. The summed E-state index contributed by atoms with van der Waals surface area (Å²) in [6.45, 7) is 4.85. The summed E-state index contributed by atoms with van der Waals surface area (Å²) in [4.78, 5) is 16.4. The fourth-order valence-electron chi connectivity index (χ4n) is 4.14. The summed E-state index contributed by atoms with van der Waals surface area (Å²) >= 11 is 3.48. The average molecular weight is 527 g/mol. The van der Waals surface area contributed by atoms with E-state index in [4.69, 9.17) is 9.47 Å². The number of carbonyl (C=O) groups is 1. The molecule has 1 fully saturated rings. The molecule has 1 saturated heterocycles. The third kappa shape index (κ3) is 7.03. The molecular formula is C27H31BrN2O4. The Morgan fingerprint density at radius 1 is 1.12 bits per heavy atom. The number of halogens is 1. The summed E-state index contributed by atoms with van der Waals surface area (Å²) in [5.74, 6) is 0.627. The SMILES string of the molecule is O=C(C=Cc1ccccc1OCC(O)CN1CC=C(c2ccc(Br)cc2)CC1)N1CCOCC1. The first kappa shape index (κ1) is 24.7. The third-order valence-electron chi connectivity index (χ3n) is 6.06. The lowest BCUT2D eigenvalue weighted by Crippen LogP contribution is -2.39. The lowest BCUT2D eigenvalue weighted by atomic mass is 9.99. The maximum absolute atomic E-state index is 12.4. The fourth-order valence-corrected chi connectivity index (χ4v) is 4.40. The zero-order valence-corrected chi connectivity index (χ0v) is 20.8. The summed E-state index contributed by atoms with van der Waals surface area (Å²) in [5, 5.41) is 10.6. The van der Waals surface area contributed by atoms with Crippen LogP contribution in [-0.4, -0.2) is 79.5 Å². The number of hydrogen-bond acceptors (Lipinski definition) is 5. The van der Waals surface area contributed by atoms with Crippen LogP contribution in [-0.2, 0) is 9.53 Å². The van der Waals surface area contributed by atoms with Crippen LogP contribution in [0.4, 0.5) is 0 Å². The van der Waals surface area contributed by atoms with Crippen LogP contribution in [0.25, 0.3) is 11.6 Å². The Kier molecular flexibility index (Phi) is 8.93. The summed E-state index contributed by atoms with van der Waals surface area (Å²) in [6, 6.07) is 16.0. The van der Waals surface area contributed by atoms with Crippen molar-refractivity contribution in [1.29, 1.82) is 0 Å². The summed E-state index contributed by atoms with van der Waals surface area (Å²) in [5.41, 5.74) is 3.42. The van der Waals surface area contributed by atoms with Crippen LogP contribution in [0.3, 0.4) is 0 Å². The van der Waals surface area contributed by atoms with Crippen LogP contribution in [0.15, 0.2) is 65.2 Å². The third-order valence-corrected chi connectivity index (χ3v) is 6.58. The molecule has 0 radical (unpaired) electrons. The molecule has 2 aliphatic heterocycles. The van der Waals surface area contributed by atoms with Crippen LogP contribution in [0, 0.1) is 0 Å². The molecular weight excluding hydrogens is 496 g/mol. The highest BCUT2D eigenvalue weighted by atomic mass is 79.9. The number of hydrogen-bond donors (Lipinski definition) is 1. The number of morpholine rings is 1. The first-order valence-corrected chi connectivity index (χ1v) is 12.5. The molecule has 1 amide bonds. The molecule has 180 valence electrons. The summed E-state index contributed by atoms with van der Waals surface area (Å²) in [6.07, 6.45) is 5.95. The number of β-amino-alcohol motifs (C(OH)–C–C–N with tert-alkyl or cyclic N) is 1. The number of nitrogens with zero attached hydrogens (tertiary/aromatic N) is 2. The number of aliphatic hydroxyl groups is 1. The van der Waals surface area contributed by atoms with Crippen LogP contribution >= 0.6 is 15.9 Å². The molecule has 0 saturated carbocycles. The molecule has 4 rings (SSSR count). The van der Waals surface area contributed by atoms with Gasteiger partial charge < -0.3 is 19.5 Å². The van der Waals surface area contributed by atoms with Gasteiger partial charge in [0, 0.05) is 48.8 Å². The van der Waals surface area contributed by atoms with Gasteiger partial charge in [0.1, 0.15) is 18.5 Å². The summed E-state index contributed by atoms with van der Waals surface area (Å²) in [7, 11) is 0. The quantitative estimate of drug-likeness (QED) is 0.529. The zero-order valence-electron chi connectivity index (χ0n) is 19.2. The Hall–Kier alpha value is -2.45. The van der Waals surface area contributed by atoms with Crippen LogP contribution < -0.4 is 4.74 Å². The molecule has 1 atom stereocenters. The van der Waals surface area contributed by atoms with Gasteiger partial charge in [-0.3, -0.25) is 9.69 Å². The molecule has 6 nitrogen and oxygen atoms in total. The van der Waals surface area contributed by atoms with Crippen molar-refractivity contribution in [3.05, 3.63) is 76.3 Å². The minimum Gasteiger partial charge on any atom is -0.490 e. The second kappa shape index (κ2) is 12.3. The van der Waals surface area contributed by atoms with Crippen LogP contribution in [0.2, 0.25) is 0 Å². The highest BCUT2D eigenvalue weighted by Gasteiger charge is 2.17. The van der Waals surface area contributed by atoms with Crippen molar-refractivity contribution in [2.75, 3.05) is 52.5 Å². The molecule has 2 aromatic carbocycles. The van der Waals surface area contributed by atoms with Gasteiger partial charge in [-0.1, -0.05) is 52.3 Å². The largest absolute Gasteiger partial charge is 0.490 e. The van der Waals surface area contributed by atoms with E-state index in [0.29, 0.717) is 38.6 Å². The van der Waals surface area contributed by atoms with E-state index in [9.17, 15) is 9.90 Å². The second-order valence-electron chi connectivity index (χ2n) is 8.52. The van der Waals surface area contributed by atoms with Crippen molar-refractivity contribution in [3.63, 3.8) is 0 Å². The number of benzene rings is 2. The number of aliphatic hydroxyl groups excluding tert-OH is 1. The zero-order chi connectivity index (χ0) is 23.8. The Morgan fingerprint density at radius 3 is 2.62 bits per heavy atom. The number of para-hydroxylation sites is 1. The van der Waals surface area contributed by atoms with Gasteiger partial charge in [-0.25, -0.2) is 0 Å². The van der Waals surface area contributed by atoms with Crippen molar-refractivity contribution in [1.82, 2.24) is 9.80 Å². The van der Waals surface area contributed by atoms with Crippen LogP contribution in [0.5, 0.6) is 5.75 Å². The Bertz CT molecular complexity index is 1020. The highest BCUT2D eigenvalue weighted by Crippen LogP contribution is 2.24. The van der Waals surface area contributed by atoms with Gasteiger partial charge in [0.05, 0.1) is 13.2 Å². The van der Waals surface area contributed by atoms with E-state index in [1.807, 2.05) is 24.3 Å². The molecule has 1 unspecified atom stereocenters. The standard InChI is InChI=1S/C27H31BrN2O4/c28-24-8-5-21(6-9-24)22-11-13-29(14-12-22)19-25(31)20-34-26-4-2-1-3-23(26)7-10-27(32)30-15-17-33-18-16-30/h1-11,25,31H,12-20H2. The molecule has 2 heterocycles. The molecule has 0 spiro atoms. The Labute approximate surface area is 209 Å². The van der Waals surface area contributed by atoms with Crippen molar-refractivity contribution in [2.24, 2.45) is 0 Å². The maximum Gasteiger partial charge on any atom is 0.246 e. The topological polar surface area (TPSA) is 62.2 Å². The molecule has 2 aliphatic rings. The highest BCUT2D eigenvalue weighted by molar-refractivity contribution is 9.10. The monoisotopic (exact) mass is 526 g/mol. The van der Waals surface area contributed by atoms with Crippen molar-refractivity contribution < 1.29 is 19.4 Å². The lowest BCUT2D eigenvalue weighted by molar-refractivity contribution is -0.129. The minimum atomic E-state index is -0.602. The molecule has 1 N–H and O–H groups in total. The molecule has 34 heavy (non-hydrogen) atoms. The summed E-state index contributed by atoms with van der Waals surface area (Å²) < 4.78 is 12.3. The van der Waals surface area contributed by atoms with Crippen molar-refractivity contribution >= 4 is 33.5 Å². The van der Waals surface area contributed by atoms with Gasteiger partial charge in [-0.05, 0) is 41.8 Å². The molecule has 0 aliphatic carbocycles. The average Bonchev–Trinajstić information content (AvgIpc) is 2.88. The maximum atomic E-state index is 12.4. The van der Waals surface area contributed by atoms with E-state index < -0.39 is 6.10 Å². The Balaban J connectivity index is 1.26. The first-order valence-electron chi connectivity index (χ1n) is 11.7. The van der Waals surface area contributed by atoms with Gasteiger partial charge in [-0.15, -0.1) is 0 Å². The number of carbonyl (C=O) groups excluding carboxylic acids is 1. The predicted molar refractivity (Wildman–Crippen MR) is 138 cm³/mol. The van der Waals surface area contributed by atoms with E-state index in [0.717, 1.165) is 29.5 Å². The van der Waals surface area contributed by atoms with E-state index in [-0.39, 0.29) is 12.5 Å². The van der Waals surface area contributed by atoms with E-state index in [2.05, 4.69) is 51.2 Å². The lowest BCUT2D eigenvalue weighted by Gasteiger charge is -2.28. The molecule has 2 aromatic rings. The van der Waals surface area contributed by atoms with E-state index >= 15 is 0 Å². The van der Waals surface area contributed by atoms with Gasteiger partial charge >= 0.3 is 0 Å². The fraction of sp³-hybridized carbons (Fsp3) is 0.370. The van der Waals surface area contributed by atoms with E-state index in [1.54, 1.807) is 17.1 Å².